The first-order chi connectivity index (χ1) is 7.31. The van der Waals surface area contributed by atoms with Gasteiger partial charge in [0.15, 0.2) is 6.29 Å². The van der Waals surface area contributed by atoms with Crippen LogP contribution < -0.4 is 4.90 Å². The van der Waals surface area contributed by atoms with Crippen LogP contribution in [0.15, 0.2) is 12.3 Å². The molecule has 0 radical (unpaired) electrons. The second-order valence-electron chi connectivity index (χ2n) is 4.07. The molecule has 3 nitrogen and oxygen atoms in total. The number of hydrogen-bond acceptors (Lipinski definition) is 3. The predicted octanol–water partition coefficient (Wildman–Crippen LogP) is 2.19. The lowest BCUT2D eigenvalue weighted by atomic mass is 10.1. The van der Waals surface area contributed by atoms with Gasteiger partial charge in [0.1, 0.15) is 5.82 Å². The lowest BCUT2D eigenvalue weighted by Crippen LogP contribution is -2.30. The summed E-state index contributed by atoms with van der Waals surface area (Å²) in [6.45, 7) is 4.20. The van der Waals surface area contributed by atoms with Crippen LogP contribution in [0.3, 0.4) is 0 Å². The summed E-state index contributed by atoms with van der Waals surface area (Å²) in [6.07, 6.45) is 6.32. The molecule has 15 heavy (non-hydrogen) atoms. The highest BCUT2D eigenvalue weighted by molar-refractivity contribution is 5.75. The molecule has 0 amide bonds. The van der Waals surface area contributed by atoms with Crippen molar-refractivity contribution in [1.82, 2.24) is 4.98 Å². The number of anilines is 1. The fraction of sp³-hybridized carbons (Fsp3) is 0.500. The lowest BCUT2D eigenvalue weighted by Gasteiger charge is -2.28. The van der Waals surface area contributed by atoms with Crippen molar-refractivity contribution in [2.75, 3.05) is 18.0 Å². The van der Waals surface area contributed by atoms with Crippen molar-refractivity contribution in [1.29, 1.82) is 0 Å². The van der Waals surface area contributed by atoms with Crippen LogP contribution in [0.5, 0.6) is 0 Å². The average Bonchev–Trinajstić information content (AvgIpc) is 2.30. The lowest BCUT2D eigenvalue weighted by molar-refractivity contribution is 0.112. The Balaban J connectivity index is 2.23. The number of nitrogens with zero attached hydrogens (tertiary/aromatic N) is 2. The van der Waals surface area contributed by atoms with Gasteiger partial charge in [-0.2, -0.15) is 0 Å². The highest BCUT2D eigenvalue weighted by Gasteiger charge is 2.14. The van der Waals surface area contributed by atoms with Gasteiger partial charge < -0.3 is 4.90 Å². The van der Waals surface area contributed by atoms with Gasteiger partial charge in [-0.1, -0.05) is 0 Å². The Kier molecular flexibility index (Phi) is 2.99. The summed E-state index contributed by atoms with van der Waals surface area (Å²) in [6, 6.07) is 1.91. The number of carbonyl (C=O) groups is 1. The summed E-state index contributed by atoms with van der Waals surface area (Å²) in [5.41, 5.74) is 1.76. The zero-order chi connectivity index (χ0) is 10.7. The molecule has 0 atom stereocenters. The molecule has 0 saturated carbocycles. The number of pyridine rings is 1. The molecule has 1 aliphatic heterocycles. The van der Waals surface area contributed by atoms with E-state index in [4.69, 9.17) is 0 Å². The van der Waals surface area contributed by atoms with Gasteiger partial charge in [-0.3, -0.25) is 4.79 Å². The summed E-state index contributed by atoms with van der Waals surface area (Å²) in [5.74, 6) is 1.04. The number of piperidine rings is 1. The normalized spacial score (nSPS) is 16.5. The number of hydrogen-bond donors (Lipinski definition) is 0. The van der Waals surface area contributed by atoms with Gasteiger partial charge in [0.2, 0.25) is 0 Å². The molecule has 1 saturated heterocycles. The summed E-state index contributed by atoms with van der Waals surface area (Å²) in [5, 5.41) is 0. The summed E-state index contributed by atoms with van der Waals surface area (Å²) >= 11 is 0. The molecule has 0 aromatic carbocycles. The predicted molar refractivity (Wildman–Crippen MR) is 60.4 cm³/mol. The first-order valence-corrected chi connectivity index (χ1v) is 5.48. The third-order valence-electron chi connectivity index (χ3n) is 2.86. The van der Waals surface area contributed by atoms with Gasteiger partial charge in [0.25, 0.3) is 0 Å². The van der Waals surface area contributed by atoms with E-state index in [2.05, 4.69) is 9.88 Å². The minimum atomic E-state index is 0.660. The first kappa shape index (κ1) is 10.1. The Morgan fingerprint density at radius 3 is 2.67 bits per heavy atom. The van der Waals surface area contributed by atoms with Crippen LogP contribution in [-0.2, 0) is 0 Å². The number of aromatic nitrogens is 1. The molecule has 0 aliphatic carbocycles. The van der Waals surface area contributed by atoms with Gasteiger partial charge in [0.05, 0.1) is 0 Å². The van der Waals surface area contributed by atoms with Crippen molar-refractivity contribution >= 4 is 12.1 Å². The first-order valence-electron chi connectivity index (χ1n) is 5.48. The van der Waals surface area contributed by atoms with E-state index < -0.39 is 0 Å². The van der Waals surface area contributed by atoms with Crippen molar-refractivity contribution in [3.63, 3.8) is 0 Å². The Bertz CT molecular complexity index is 357. The molecule has 0 N–H and O–H groups in total. The van der Waals surface area contributed by atoms with Crippen LogP contribution >= 0.6 is 0 Å². The van der Waals surface area contributed by atoms with Gasteiger partial charge in [-0.15, -0.1) is 0 Å². The Morgan fingerprint density at radius 1 is 1.33 bits per heavy atom. The molecule has 0 unspecified atom stereocenters. The van der Waals surface area contributed by atoms with Crippen molar-refractivity contribution in [2.45, 2.75) is 26.2 Å². The molecule has 0 bridgehead atoms. The Hall–Kier alpha value is -1.38. The third-order valence-corrected chi connectivity index (χ3v) is 2.86. The molecular weight excluding hydrogens is 188 g/mol. The number of aryl methyl sites for hydroxylation is 1. The summed E-state index contributed by atoms with van der Waals surface area (Å²) in [4.78, 5) is 17.3. The van der Waals surface area contributed by atoms with Crippen LogP contribution in [-0.4, -0.2) is 24.4 Å². The largest absolute Gasteiger partial charge is 0.356 e. The molecule has 2 rings (SSSR count). The van der Waals surface area contributed by atoms with Gasteiger partial charge in [-0.25, -0.2) is 4.98 Å². The fourth-order valence-corrected chi connectivity index (χ4v) is 2.09. The van der Waals surface area contributed by atoms with E-state index >= 15 is 0 Å². The maximum atomic E-state index is 10.6. The summed E-state index contributed by atoms with van der Waals surface area (Å²) in [7, 11) is 0. The molecule has 1 aromatic rings. The zero-order valence-corrected chi connectivity index (χ0v) is 9.07. The molecule has 1 fully saturated rings. The second kappa shape index (κ2) is 4.43. The number of carbonyl (C=O) groups excluding carboxylic acids is 1. The minimum absolute atomic E-state index is 0.660. The minimum Gasteiger partial charge on any atom is -0.356 e. The summed E-state index contributed by atoms with van der Waals surface area (Å²) < 4.78 is 0. The van der Waals surface area contributed by atoms with Crippen LogP contribution in [0.2, 0.25) is 0 Å². The van der Waals surface area contributed by atoms with Crippen molar-refractivity contribution in [3.8, 4) is 0 Å². The van der Waals surface area contributed by atoms with Gasteiger partial charge in [-0.05, 0) is 37.8 Å². The zero-order valence-electron chi connectivity index (χ0n) is 9.07. The standard InChI is InChI=1S/C12H16N2O/c1-10-7-11(9-15)8-13-12(10)14-5-3-2-4-6-14/h7-9H,2-6H2,1H3. The number of aldehydes is 1. The van der Waals surface area contributed by atoms with E-state index in [9.17, 15) is 4.79 Å². The maximum absolute atomic E-state index is 10.6. The third kappa shape index (κ3) is 2.17. The SMILES string of the molecule is Cc1cc(C=O)cnc1N1CCCCC1. The monoisotopic (exact) mass is 204 g/mol. The van der Waals surface area contributed by atoms with E-state index in [0.29, 0.717) is 5.56 Å². The van der Waals surface area contributed by atoms with Gasteiger partial charge in [0, 0.05) is 24.8 Å². The van der Waals surface area contributed by atoms with E-state index in [-0.39, 0.29) is 0 Å². The van der Waals surface area contributed by atoms with Crippen LogP contribution in [0.4, 0.5) is 5.82 Å². The second-order valence-corrected chi connectivity index (χ2v) is 4.07. The van der Waals surface area contributed by atoms with E-state index in [1.54, 1.807) is 6.20 Å². The topological polar surface area (TPSA) is 33.2 Å². The van der Waals surface area contributed by atoms with E-state index in [0.717, 1.165) is 30.8 Å². The smallest absolute Gasteiger partial charge is 0.151 e. The van der Waals surface area contributed by atoms with Crippen molar-refractivity contribution in [2.24, 2.45) is 0 Å². The number of rotatable bonds is 2. The van der Waals surface area contributed by atoms with Crippen LogP contribution in [0.25, 0.3) is 0 Å². The van der Waals surface area contributed by atoms with Crippen molar-refractivity contribution in [3.05, 3.63) is 23.4 Å². The molecule has 80 valence electrons. The fourth-order valence-electron chi connectivity index (χ4n) is 2.09. The molecular formula is C12H16N2O. The van der Waals surface area contributed by atoms with Gasteiger partial charge >= 0.3 is 0 Å². The highest BCUT2D eigenvalue weighted by atomic mass is 16.1. The highest BCUT2D eigenvalue weighted by Crippen LogP contribution is 2.21. The average molecular weight is 204 g/mol. The van der Waals surface area contributed by atoms with Crippen LogP contribution in [0.1, 0.15) is 35.2 Å². The van der Waals surface area contributed by atoms with Crippen molar-refractivity contribution < 1.29 is 4.79 Å². The molecule has 2 heterocycles. The molecule has 1 aliphatic rings. The van der Waals surface area contributed by atoms with Crippen LogP contribution in [0, 0.1) is 6.92 Å². The Labute approximate surface area is 90.1 Å². The molecule has 0 spiro atoms. The molecule has 3 heteroatoms. The quantitative estimate of drug-likeness (QED) is 0.692. The van der Waals surface area contributed by atoms with E-state index in [1.165, 1.54) is 19.3 Å². The molecule has 1 aromatic heterocycles. The van der Waals surface area contributed by atoms with E-state index in [1.807, 2.05) is 13.0 Å². The maximum Gasteiger partial charge on any atom is 0.151 e. The Morgan fingerprint density at radius 2 is 2.07 bits per heavy atom.